The number of carbonyl (C=O) groups is 3. The summed E-state index contributed by atoms with van der Waals surface area (Å²) in [6.45, 7) is 5.62. The normalized spacial score (nSPS) is 15.5. The monoisotopic (exact) mass is 557 g/mol. The van der Waals surface area contributed by atoms with Crippen LogP contribution in [0.3, 0.4) is 0 Å². The van der Waals surface area contributed by atoms with Gasteiger partial charge in [0, 0.05) is 59.3 Å². The number of primary amides is 1. The number of nitrogens with two attached hydrogens (primary N) is 1. The number of nitrogens with zero attached hydrogens (tertiary/aromatic N) is 3. The molecule has 1 aromatic heterocycles. The predicted octanol–water partition coefficient (Wildman–Crippen LogP) is 4.94. The van der Waals surface area contributed by atoms with Gasteiger partial charge in [-0.3, -0.25) is 14.4 Å². The number of hydrogen-bond acceptors (Lipinski definition) is 4. The van der Waals surface area contributed by atoms with E-state index in [1.807, 2.05) is 83.5 Å². The third kappa shape index (κ3) is 4.06. The number of H-pyrrole nitrogens is 1. The van der Waals surface area contributed by atoms with E-state index in [4.69, 9.17) is 5.73 Å². The van der Waals surface area contributed by atoms with E-state index in [0.717, 1.165) is 62.9 Å². The maximum absolute atomic E-state index is 13.3. The van der Waals surface area contributed by atoms with Crippen molar-refractivity contribution in [3.63, 3.8) is 0 Å². The first kappa shape index (κ1) is 26.0. The standard InChI is InChI=1S/C34H31N5O3/c1-20-23(8-5-9-29(20)39-19-22-6-3-4-7-24(22)34(39)42)25-12-13-27(32(35)40)31-30(25)26-11-10-21(18-28(26)36-31)33(41)38-16-14-37(2)15-17-38/h3-13,18,36H,14-17,19H2,1-2H3,(H2,35,40). The molecular weight excluding hydrogens is 526 g/mol. The van der Waals surface area contributed by atoms with Crippen molar-refractivity contribution >= 4 is 45.2 Å². The molecule has 0 unspecified atom stereocenters. The lowest BCUT2D eigenvalue weighted by atomic mass is 9.93. The third-order valence-electron chi connectivity index (χ3n) is 8.76. The van der Waals surface area contributed by atoms with E-state index in [0.29, 0.717) is 36.3 Å². The van der Waals surface area contributed by atoms with Crippen LogP contribution in [0.15, 0.2) is 72.8 Å². The summed E-state index contributed by atoms with van der Waals surface area (Å²) in [7, 11) is 2.06. The van der Waals surface area contributed by atoms with Gasteiger partial charge in [0.25, 0.3) is 17.7 Å². The first-order valence-corrected chi connectivity index (χ1v) is 14.2. The van der Waals surface area contributed by atoms with Crippen LogP contribution in [0.2, 0.25) is 0 Å². The highest BCUT2D eigenvalue weighted by molar-refractivity contribution is 6.21. The van der Waals surface area contributed by atoms with Crippen molar-refractivity contribution in [1.29, 1.82) is 0 Å². The number of carbonyl (C=O) groups excluding carboxylic acids is 3. The summed E-state index contributed by atoms with van der Waals surface area (Å²) in [5.74, 6) is -0.540. The van der Waals surface area contributed by atoms with Crippen molar-refractivity contribution in [2.45, 2.75) is 13.5 Å². The second-order valence-corrected chi connectivity index (χ2v) is 11.3. The largest absolute Gasteiger partial charge is 0.366 e. The van der Waals surface area contributed by atoms with Crippen LogP contribution in [-0.4, -0.2) is 65.7 Å². The lowest BCUT2D eigenvalue weighted by molar-refractivity contribution is 0.0664. The average Bonchev–Trinajstić information content (AvgIpc) is 3.54. The topological polar surface area (TPSA) is 103 Å². The summed E-state index contributed by atoms with van der Waals surface area (Å²) >= 11 is 0. The van der Waals surface area contributed by atoms with Gasteiger partial charge in [0.15, 0.2) is 0 Å². The molecule has 210 valence electrons. The van der Waals surface area contributed by atoms with Gasteiger partial charge in [0.05, 0.1) is 17.6 Å². The van der Waals surface area contributed by atoms with Gasteiger partial charge in [0.2, 0.25) is 0 Å². The highest BCUT2D eigenvalue weighted by Crippen LogP contribution is 2.41. The fourth-order valence-electron chi connectivity index (χ4n) is 6.42. The predicted molar refractivity (Wildman–Crippen MR) is 165 cm³/mol. The van der Waals surface area contributed by atoms with Crippen molar-refractivity contribution in [3.8, 4) is 11.1 Å². The summed E-state index contributed by atoms with van der Waals surface area (Å²) in [6.07, 6.45) is 0. The van der Waals surface area contributed by atoms with Crippen molar-refractivity contribution in [2.24, 2.45) is 5.73 Å². The minimum atomic E-state index is -0.530. The fraction of sp³-hybridized carbons (Fsp3) is 0.206. The molecule has 4 aromatic carbocycles. The molecule has 42 heavy (non-hydrogen) atoms. The third-order valence-corrected chi connectivity index (χ3v) is 8.76. The lowest BCUT2D eigenvalue weighted by Gasteiger charge is -2.32. The first-order chi connectivity index (χ1) is 20.3. The zero-order valence-electron chi connectivity index (χ0n) is 23.6. The van der Waals surface area contributed by atoms with E-state index < -0.39 is 5.91 Å². The SMILES string of the molecule is Cc1c(-c2ccc(C(N)=O)c3[nH]c4cc(C(=O)N5CCN(C)CC5)ccc4c23)cccc1N1Cc2ccccc2C1=O. The van der Waals surface area contributed by atoms with Crippen LogP contribution in [0.25, 0.3) is 32.9 Å². The molecule has 1 saturated heterocycles. The minimum Gasteiger partial charge on any atom is -0.366 e. The van der Waals surface area contributed by atoms with Crippen LogP contribution in [0, 0.1) is 6.92 Å². The van der Waals surface area contributed by atoms with E-state index in [9.17, 15) is 14.4 Å². The van der Waals surface area contributed by atoms with Gasteiger partial charge in [-0.15, -0.1) is 0 Å². The quantitative estimate of drug-likeness (QED) is 0.327. The molecule has 0 saturated carbocycles. The summed E-state index contributed by atoms with van der Waals surface area (Å²) in [4.78, 5) is 48.5. The van der Waals surface area contributed by atoms with Gasteiger partial charge >= 0.3 is 0 Å². The number of aromatic amines is 1. The molecule has 2 aliphatic rings. The van der Waals surface area contributed by atoms with Crippen molar-refractivity contribution < 1.29 is 14.4 Å². The molecule has 7 rings (SSSR count). The zero-order valence-corrected chi connectivity index (χ0v) is 23.6. The molecule has 3 heterocycles. The summed E-state index contributed by atoms with van der Waals surface area (Å²) in [5, 5.41) is 1.75. The number of nitrogens with one attached hydrogen (secondary N) is 1. The van der Waals surface area contributed by atoms with Crippen molar-refractivity contribution in [2.75, 3.05) is 38.1 Å². The zero-order chi connectivity index (χ0) is 29.1. The van der Waals surface area contributed by atoms with Gasteiger partial charge in [-0.2, -0.15) is 0 Å². The molecule has 3 N–H and O–H groups in total. The molecule has 3 amide bonds. The van der Waals surface area contributed by atoms with Crippen LogP contribution in [0.1, 0.15) is 42.2 Å². The Kier molecular flexibility index (Phi) is 6.09. The van der Waals surface area contributed by atoms with E-state index in [1.54, 1.807) is 6.07 Å². The van der Waals surface area contributed by atoms with Gasteiger partial charge in [0.1, 0.15) is 0 Å². The number of likely N-dealkylation sites (N-methyl/N-ethyl adjacent to an activating group) is 1. The number of hydrogen-bond donors (Lipinski definition) is 2. The Morgan fingerprint density at radius 1 is 0.857 bits per heavy atom. The Morgan fingerprint density at radius 2 is 1.62 bits per heavy atom. The smallest absolute Gasteiger partial charge is 0.258 e. The van der Waals surface area contributed by atoms with Crippen LogP contribution >= 0.6 is 0 Å². The van der Waals surface area contributed by atoms with Crippen LogP contribution in [0.5, 0.6) is 0 Å². The number of fused-ring (bicyclic) bond motifs is 4. The molecule has 1 fully saturated rings. The molecule has 0 aliphatic carbocycles. The Hall–Kier alpha value is -4.95. The highest BCUT2D eigenvalue weighted by Gasteiger charge is 2.30. The Balaban J connectivity index is 1.35. The molecule has 8 heteroatoms. The van der Waals surface area contributed by atoms with Gasteiger partial charge in [-0.25, -0.2) is 0 Å². The summed E-state index contributed by atoms with van der Waals surface area (Å²) in [5.41, 5.74) is 13.6. The second kappa shape index (κ2) is 9.85. The molecule has 0 spiro atoms. The molecular formula is C34H31N5O3. The van der Waals surface area contributed by atoms with Crippen LogP contribution in [-0.2, 0) is 6.54 Å². The van der Waals surface area contributed by atoms with Gasteiger partial charge in [-0.1, -0.05) is 42.5 Å². The van der Waals surface area contributed by atoms with E-state index >= 15 is 0 Å². The maximum Gasteiger partial charge on any atom is 0.258 e. The highest BCUT2D eigenvalue weighted by atomic mass is 16.2. The number of rotatable bonds is 4. The Labute approximate surface area is 243 Å². The summed E-state index contributed by atoms with van der Waals surface area (Å²) in [6, 6.07) is 23.0. The number of benzene rings is 4. The van der Waals surface area contributed by atoms with Gasteiger partial charge < -0.3 is 25.4 Å². The summed E-state index contributed by atoms with van der Waals surface area (Å²) < 4.78 is 0. The molecule has 0 atom stereocenters. The van der Waals surface area contributed by atoms with Crippen molar-refractivity contribution in [3.05, 3.63) is 101 Å². The number of piperazine rings is 1. The van der Waals surface area contributed by atoms with E-state index in [2.05, 4.69) is 16.9 Å². The van der Waals surface area contributed by atoms with Crippen LogP contribution < -0.4 is 10.6 Å². The fourth-order valence-corrected chi connectivity index (χ4v) is 6.42. The molecule has 0 bridgehead atoms. The number of amides is 3. The Morgan fingerprint density at radius 3 is 2.38 bits per heavy atom. The van der Waals surface area contributed by atoms with Crippen LogP contribution in [0.4, 0.5) is 5.69 Å². The minimum absolute atomic E-state index is 0.00109. The second-order valence-electron chi connectivity index (χ2n) is 11.3. The molecule has 8 nitrogen and oxygen atoms in total. The maximum atomic E-state index is 13.3. The van der Waals surface area contributed by atoms with Crippen molar-refractivity contribution in [1.82, 2.24) is 14.8 Å². The molecule has 0 radical (unpaired) electrons. The molecule has 5 aromatic rings. The van der Waals surface area contributed by atoms with E-state index in [-0.39, 0.29) is 11.8 Å². The van der Waals surface area contributed by atoms with E-state index in [1.165, 1.54) is 0 Å². The molecule has 2 aliphatic heterocycles. The number of aromatic nitrogens is 1. The van der Waals surface area contributed by atoms with Gasteiger partial charge in [-0.05, 0) is 66.6 Å². The first-order valence-electron chi connectivity index (χ1n) is 14.2. The number of anilines is 1. The lowest BCUT2D eigenvalue weighted by Crippen LogP contribution is -2.47. The average molecular weight is 558 g/mol. The Bertz CT molecular complexity index is 1930.